The molecule has 0 radical (unpaired) electrons. The van der Waals surface area contributed by atoms with Gasteiger partial charge in [0.1, 0.15) is 17.2 Å². The van der Waals surface area contributed by atoms with E-state index >= 15 is 0 Å². The molecule has 1 fully saturated rings. The van der Waals surface area contributed by atoms with Crippen molar-refractivity contribution in [1.82, 2.24) is 0 Å². The van der Waals surface area contributed by atoms with E-state index in [1.807, 2.05) is 0 Å². The van der Waals surface area contributed by atoms with Gasteiger partial charge in [0.05, 0.1) is 32.9 Å². The van der Waals surface area contributed by atoms with Crippen LogP contribution in [0.1, 0.15) is 6.42 Å². The molecule has 1 heterocycles. The Balaban J connectivity index is 1.55. The lowest BCUT2D eigenvalue weighted by molar-refractivity contribution is -0.151. The Hall–Kier alpha value is -3.75. The summed E-state index contributed by atoms with van der Waals surface area (Å²) in [5.41, 5.74) is 1.06. The third-order valence-corrected chi connectivity index (χ3v) is 4.87. The van der Waals surface area contributed by atoms with E-state index in [-0.39, 0.29) is 18.9 Å². The standard InChI is InChI=1S/C22H24N2O7/c1-28-16-6-4-15(5-7-16)24-12-14(10-21(24)26)22(27)31-13-20(25)23-18-11-17(29-2)8-9-19(18)30-3/h4-9,11,14H,10,12-13H2,1-3H3,(H,23,25)/t14-/m1/s1. The molecular weight excluding hydrogens is 404 g/mol. The maximum Gasteiger partial charge on any atom is 0.311 e. The van der Waals surface area contributed by atoms with Gasteiger partial charge in [-0.25, -0.2) is 0 Å². The predicted octanol–water partition coefficient (Wildman–Crippen LogP) is 2.25. The molecule has 1 aliphatic heterocycles. The van der Waals surface area contributed by atoms with Crippen molar-refractivity contribution in [3.05, 3.63) is 42.5 Å². The number of methoxy groups -OCH3 is 3. The summed E-state index contributed by atoms with van der Waals surface area (Å²) in [7, 11) is 4.54. The Morgan fingerprint density at radius 3 is 2.32 bits per heavy atom. The van der Waals surface area contributed by atoms with Crippen LogP contribution in [0.3, 0.4) is 0 Å². The van der Waals surface area contributed by atoms with Crippen LogP contribution in [-0.4, -0.2) is 52.3 Å². The van der Waals surface area contributed by atoms with Crippen molar-refractivity contribution in [3.63, 3.8) is 0 Å². The molecule has 0 bridgehead atoms. The van der Waals surface area contributed by atoms with Gasteiger partial charge in [0.25, 0.3) is 5.91 Å². The first-order valence-electron chi connectivity index (χ1n) is 9.58. The fraction of sp³-hybridized carbons (Fsp3) is 0.318. The molecule has 164 valence electrons. The number of carbonyl (C=O) groups excluding carboxylic acids is 3. The van der Waals surface area contributed by atoms with Crippen LogP contribution in [0.4, 0.5) is 11.4 Å². The zero-order valence-corrected chi connectivity index (χ0v) is 17.5. The van der Waals surface area contributed by atoms with Crippen LogP contribution in [0.2, 0.25) is 0 Å². The van der Waals surface area contributed by atoms with E-state index < -0.39 is 24.4 Å². The van der Waals surface area contributed by atoms with Crippen molar-refractivity contribution in [3.8, 4) is 17.2 Å². The van der Waals surface area contributed by atoms with Crippen LogP contribution in [0.25, 0.3) is 0 Å². The number of rotatable bonds is 8. The number of benzene rings is 2. The second kappa shape index (κ2) is 9.84. The van der Waals surface area contributed by atoms with Gasteiger partial charge >= 0.3 is 5.97 Å². The molecule has 1 N–H and O–H groups in total. The molecule has 2 aromatic carbocycles. The molecule has 0 aromatic heterocycles. The second-order valence-corrected chi connectivity index (χ2v) is 6.83. The SMILES string of the molecule is COc1ccc(N2C[C@H](C(=O)OCC(=O)Nc3cc(OC)ccc3OC)CC2=O)cc1. The van der Waals surface area contributed by atoms with Crippen LogP contribution in [0.5, 0.6) is 17.2 Å². The summed E-state index contributed by atoms with van der Waals surface area (Å²) in [6.07, 6.45) is 0.0240. The van der Waals surface area contributed by atoms with Crippen molar-refractivity contribution in [1.29, 1.82) is 0 Å². The van der Waals surface area contributed by atoms with Crippen LogP contribution in [0, 0.1) is 5.92 Å². The first-order valence-corrected chi connectivity index (χ1v) is 9.58. The number of anilines is 2. The maximum absolute atomic E-state index is 12.4. The minimum atomic E-state index is -0.645. The summed E-state index contributed by atoms with van der Waals surface area (Å²) >= 11 is 0. The zero-order valence-electron chi connectivity index (χ0n) is 17.5. The van der Waals surface area contributed by atoms with E-state index in [0.29, 0.717) is 28.6 Å². The lowest BCUT2D eigenvalue weighted by atomic mass is 10.1. The van der Waals surface area contributed by atoms with Gasteiger partial charge in [-0.3, -0.25) is 14.4 Å². The monoisotopic (exact) mass is 428 g/mol. The van der Waals surface area contributed by atoms with Gasteiger partial charge in [0.2, 0.25) is 5.91 Å². The predicted molar refractivity (Wildman–Crippen MR) is 113 cm³/mol. The molecule has 0 spiro atoms. The molecule has 9 heteroatoms. The number of nitrogens with zero attached hydrogens (tertiary/aromatic N) is 1. The van der Waals surface area contributed by atoms with Crippen LogP contribution in [-0.2, 0) is 19.1 Å². The highest BCUT2D eigenvalue weighted by Crippen LogP contribution is 2.29. The van der Waals surface area contributed by atoms with E-state index in [2.05, 4.69) is 5.32 Å². The van der Waals surface area contributed by atoms with Crippen molar-refractivity contribution in [2.45, 2.75) is 6.42 Å². The average Bonchev–Trinajstić information content (AvgIpc) is 3.19. The molecule has 2 amide bonds. The number of esters is 1. The van der Waals surface area contributed by atoms with Gasteiger partial charge in [-0.1, -0.05) is 0 Å². The van der Waals surface area contributed by atoms with Crippen molar-refractivity contribution in [2.24, 2.45) is 5.92 Å². The average molecular weight is 428 g/mol. The van der Waals surface area contributed by atoms with E-state index in [9.17, 15) is 14.4 Å². The highest BCUT2D eigenvalue weighted by Gasteiger charge is 2.36. The highest BCUT2D eigenvalue weighted by atomic mass is 16.5. The number of hydrogen-bond acceptors (Lipinski definition) is 7. The lowest BCUT2D eigenvalue weighted by Gasteiger charge is -2.17. The van der Waals surface area contributed by atoms with Crippen LogP contribution in [0.15, 0.2) is 42.5 Å². The van der Waals surface area contributed by atoms with Gasteiger partial charge in [-0.2, -0.15) is 0 Å². The van der Waals surface area contributed by atoms with E-state index in [1.165, 1.54) is 19.1 Å². The van der Waals surface area contributed by atoms with E-state index in [1.54, 1.807) is 49.6 Å². The Bertz CT molecular complexity index is 959. The Morgan fingerprint density at radius 2 is 1.68 bits per heavy atom. The molecule has 0 unspecified atom stereocenters. The maximum atomic E-state index is 12.4. The summed E-state index contributed by atoms with van der Waals surface area (Å²) in [6, 6.07) is 11.9. The smallest absolute Gasteiger partial charge is 0.311 e. The fourth-order valence-electron chi connectivity index (χ4n) is 3.23. The summed E-state index contributed by atoms with van der Waals surface area (Å²) in [6.45, 7) is -0.290. The summed E-state index contributed by atoms with van der Waals surface area (Å²) in [5, 5.41) is 2.63. The zero-order chi connectivity index (χ0) is 22.4. The van der Waals surface area contributed by atoms with Crippen LogP contribution >= 0.6 is 0 Å². The lowest BCUT2D eigenvalue weighted by Crippen LogP contribution is -2.28. The van der Waals surface area contributed by atoms with Crippen molar-refractivity contribution >= 4 is 29.2 Å². The molecule has 0 saturated carbocycles. The van der Waals surface area contributed by atoms with Crippen LogP contribution < -0.4 is 24.4 Å². The molecule has 9 nitrogen and oxygen atoms in total. The van der Waals surface area contributed by atoms with Gasteiger partial charge in [-0.05, 0) is 36.4 Å². The van der Waals surface area contributed by atoms with E-state index in [0.717, 1.165) is 0 Å². The normalized spacial score (nSPS) is 15.4. The second-order valence-electron chi connectivity index (χ2n) is 6.83. The molecule has 1 aliphatic rings. The van der Waals surface area contributed by atoms with Gasteiger partial charge in [0, 0.05) is 24.7 Å². The van der Waals surface area contributed by atoms with Gasteiger partial charge < -0.3 is 29.2 Å². The number of hydrogen-bond donors (Lipinski definition) is 1. The number of nitrogens with one attached hydrogen (secondary N) is 1. The molecule has 2 aromatic rings. The Labute approximate surface area is 179 Å². The van der Waals surface area contributed by atoms with E-state index in [4.69, 9.17) is 18.9 Å². The minimum absolute atomic E-state index is 0.0240. The number of ether oxygens (including phenoxy) is 4. The Morgan fingerprint density at radius 1 is 1.00 bits per heavy atom. The Kier molecular flexibility index (Phi) is 6.96. The highest BCUT2D eigenvalue weighted by molar-refractivity contribution is 6.00. The van der Waals surface area contributed by atoms with Gasteiger partial charge in [0.15, 0.2) is 6.61 Å². The summed E-state index contributed by atoms with van der Waals surface area (Å²) in [4.78, 5) is 38.5. The van der Waals surface area contributed by atoms with Crippen molar-refractivity contribution < 1.29 is 33.3 Å². The topological polar surface area (TPSA) is 103 Å². The molecule has 1 saturated heterocycles. The van der Waals surface area contributed by atoms with Crippen molar-refractivity contribution in [2.75, 3.05) is 44.7 Å². The third-order valence-electron chi connectivity index (χ3n) is 4.87. The minimum Gasteiger partial charge on any atom is -0.497 e. The molecule has 31 heavy (non-hydrogen) atoms. The largest absolute Gasteiger partial charge is 0.497 e. The molecule has 3 rings (SSSR count). The first kappa shape index (κ1) is 21.9. The summed E-state index contributed by atoms with van der Waals surface area (Å²) in [5.74, 6) is -0.307. The third kappa shape index (κ3) is 5.25. The van der Waals surface area contributed by atoms with Gasteiger partial charge in [-0.15, -0.1) is 0 Å². The summed E-state index contributed by atoms with van der Waals surface area (Å²) < 4.78 is 20.6. The fourth-order valence-corrected chi connectivity index (χ4v) is 3.23. The first-order chi connectivity index (χ1) is 14.9. The molecular formula is C22H24N2O7. The molecule has 1 atom stereocenters. The molecule has 0 aliphatic carbocycles. The number of amides is 2. The number of carbonyl (C=O) groups is 3. The quantitative estimate of drug-likeness (QED) is 0.643.